The van der Waals surface area contributed by atoms with Crippen LogP contribution < -0.4 is 10.5 Å². The number of nitrogens with one attached hydrogen (secondary N) is 2. The molecule has 0 bridgehead atoms. The summed E-state index contributed by atoms with van der Waals surface area (Å²) in [5.41, 5.74) is 1.39. The van der Waals surface area contributed by atoms with Gasteiger partial charge in [0.1, 0.15) is 5.76 Å². The molecule has 0 saturated heterocycles. The highest BCUT2D eigenvalue weighted by atomic mass is 32.2. The molecule has 0 aliphatic rings. The maximum absolute atomic E-state index is 12.3. The van der Waals surface area contributed by atoms with Crippen molar-refractivity contribution in [3.8, 4) is 0 Å². The Bertz CT molecular complexity index is 1010. The molecule has 2 aromatic heterocycles. The summed E-state index contributed by atoms with van der Waals surface area (Å²) in [5.74, 6) is 0.573. The fraction of sp³-hybridized carbons (Fsp3) is 0.286. The van der Waals surface area contributed by atoms with Gasteiger partial charge in [0, 0.05) is 26.0 Å². The highest BCUT2D eigenvalue weighted by molar-refractivity contribution is 7.89. The van der Waals surface area contributed by atoms with Crippen LogP contribution in [0.15, 0.2) is 36.7 Å². The van der Waals surface area contributed by atoms with Gasteiger partial charge in [-0.15, -0.1) is 0 Å². The third-order valence-electron chi connectivity index (χ3n) is 3.35. The van der Waals surface area contributed by atoms with Gasteiger partial charge < -0.3 is 8.83 Å². The minimum atomic E-state index is -3.71. The lowest BCUT2D eigenvalue weighted by Gasteiger charge is -2.05. The van der Waals surface area contributed by atoms with Crippen LogP contribution in [0, 0.1) is 13.8 Å². The lowest BCUT2D eigenvalue weighted by molar-refractivity contribution is 0.472. The number of sulfonamides is 1. The van der Waals surface area contributed by atoms with E-state index in [-0.39, 0.29) is 17.0 Å². The summed E-state index contributed by atoms with van der Waals surface area (Å²) in [6, 6.07) is 4.19. The SMILES string of the molecule is Cc1nc(C)c(CCNS(=O)(=O)c2ccc3[nH]c(=O)oc3c2)o1. The molecule has 3 rings (SSSR count). The van der Waals surface area contributed by atoms with E-state index in [0.717, 1.165) is 5.69 Å². The number of hydrogen-bond donors (Lipinski definition) is 2. The molecule has 122 valence electrons. The van der Waals surface area contributed by atoms with Crippen molar-refractivity contribution >= 4 is 21.1 Å². The first kappa shape index (κ1) is 15.5. The molecule has 2 N–H and O–H groups in total. The maximum atomic E-state index is 12.3. The fourth-order valence-electron chi connectivity index (χ4n) is 2.28. The molecule has 8 nitrogen and oxygen atoms in total. The molecule has 0 aliphatic carbocycles. The van der Waals surface area contributed by atoms with Crippen molar-refractivity contribution in [2.75, 3.05) is 6.54 Å². The van der Waals surface area contributed by atoms with E-state index in [2.05, 4.69) is 14.7 Å². The van der Waals surface area contributed by atoms with Crippen molar-refractivity contribution in [1.82, 2.24) is 14.7 Å². The molecule has 23 heavy (non-hydrogen) atoms. The maximum Gasteiger partial charge on any atom is 0.417 e. The Morgan fingerprint density at radius 2 is 2.04 bits per heavy atom. The summed E-state index contributed by atoms with van der Waals surface area (Å²) in [5, 5.41) is 0. The van der Waals surface area contributed by atoms with Crippen LogP contribution in [0.2, 0.25) is 0 Å². The Morgan fingerprint density at radius 3 is 2.74 bits per heavy atom. The third-order valence-corrected chi connectivity index (χ3v) is 4.81. The first-order valence-electron chi connectivity index (χ1n) is 6.90. The lowest BCUT2D eigenvalue weighted by atomic mass is 10.3. The van der Waals surface area contributed by atoms with E-state index in [1.54, 1.807) is 6.92 Å². The predicted molar refractivity (Wildman–Crippen MR) is 81.7 cm³/mol. The second-order valence-corrected chi connectivity index (χ2v) is 6.83. The second-order valence-electron chi connectivity index (χ2n) is 5.06. The number of fused-ring (bicyclic) bond motifs is 1. The molecular formula is C14H15N3O5S. The molecule has 0 amide bonds. The van der Waals surface area contributed by atoms with Gasteiger partial charge in [-0.25, -0.2) is 22.9 Å². The topological polar surface area (TPSA) is 118 Å². The van der Waals surface area contributed by atoms with Gasteiger partial charge in [-0.3, -0.25) is 4.98 Å². The number of H-pyrrole nitrogens is 1. The van der Waals surface area contributed by atoms with Gasteiger partial charge in [0.15, 0.2) is 11.5 Å². The number of oxazole rings is 2. The molecule has 1 aromatic carbocycles. The average Bonchev–Trinajstić information content (AvgIpc) is 2.99. The van der Waals surface area contributed by atoms with Crippen LogP contribution in [-0.4, -0.2) is 24.9 Å². The van der Waals surface area contributed by atoms with Gasteiger partial charge in [-0.2, -0.15) is 0 Å². The van der Waals surface area contributed by atoms with Gasteiger partial charge in [-0.05, 0) is 19.1 Å². The van der Waals surface area contributed by atoms with Gasteiger partial charge in [0.05, 0.1) is 16.1 Å². The quantitative estimate of drug-likeness (QED) is 0.723. The number of benzene rings is 1. The minimum absolute atomic E-state index is 0.0261. The van der Waals surface area contributed by atoms with Crippen molar-refractivity contribution in [3.63, 3.8) is 0 Å². The summed E-state index contributed by atoms with van der Waals surface area (Å²) >= 11 is 0. The van der Waals surface area contributed by atoms with E-state index >= 15 is 0 Å². The number of hydrogen-bond acceptors (Lipinski definition) is 6. The first-order chi connectivity index (χ1) is 10.8. The van der Waals surface area contributed by atoms with Crippen molar-refractivity contribution in [2.24, 2.45) is 0 Å². The smallest absolute Gasteiger partial charge is 0.417 e. The monoisotopic (exact) mass is 337 g/mol. The molecule has 0 atom stereocenters. The molecule has 0 unspecified atom stereocenters. The van der Waals surface area contributed by atoms with Crippen molar-refractivity contribution in [1.29, 1.82) is 0 Å². The Kier molecular flexibility index (Phi) is 3.82. The van der Waals surface area contributed by atoms with Crippen LogP contribution in [-0.2, 0) is 16.4 Å². The van der Waals surface area contributed by atoms with E-state index in [0.29, 0.717) is 23.6 Å². The first-order valence-corrected chi connectivity index (χ1v) is 8.39. The van der Waals surface area contributed by atoms with Crippen molar-refractivity contribution < 1.29 is 17.3 Å². The van der Waals surface area contributed by atoms with Gasteiger partial charge in [-0.1, -0.05) is 0 Å². The second kappa shape index (κ2) is 5.67. The fourth-order valence-corrected chi connectivity index (χ4v) is 3.33. The predicted octanol–water partition coefficient (Wildman–Crippen LogP) is 1.25. The van der Waals surface area contributed by atoms with E-state index in [9.17, 15) is 13.2 Å². The number of nitrogens with zero attached hydrogens (tertiary/aromatic N) is 1. The van der Waals surface area contributed by atoms with E-state index in [1.807, 2.05) is 6.92 Å². The van der Waals surface area contributed by atoms with Crippen LogP contribution in [0.5, 0.6) is 0 Å². The zero-order valence-corrected chi connectivity index (χ0v) is 13.4. The third kappa shape index (κ3) is 3.20. The number of aromatic amines is 1. The van der Waals surface area contributed by atoms with Gasteiger partial charge in [0.2, 0.25) is 10.0 Å². The molecular weight excluding hydrogens is 322 g/mol. The van der Waals surface area contributed by atoms with E-state index in [4.69, 9.17) is 8.83 Å². The summed E-state index contributed by atoms with van der Waals surface area (Å²) in [6.45, 7) is 3.72. The van der Waals surface area contributed by atoms with E-state index < -0.39 is 15.8 Å². The van der Waals surface area contributed by atoms with Crippen LogP contribution in [0.3, 0.4) is 0 Å². The van der Waals surface area contributed by atoms with Gasteiger partial charge >= 0.3 is 5.76 Å². The Labute approximate surface area is 131 Å². The van der Waals surface area contributed by atoms with Crippen LogP contribution >= 0.6 is 0 Å². The van der Waals surface area contributed by atoms with Crippen LogP contribution in [0.4, 0.5) is 0 Å². The molecule has 0 spiro atoms. The van der Waals surface area contributed by atoms with Crippen molar-refractivity contribution in [2.45, 2.75) is 25.2 Å². The minimum Gasteiger partial charge on any atom is -0.446 e. The summed E-state index contributed by atoms with van der Waals surface area (Å²) in [7, 11) is -3.71. The summed E-state index contributed by atoms with van der Waals surface area (Å²) < 4.78 is 37.3. The average molecular weight is 337 g/mol. The highest BCUT2D eigenvalue weighted by Gasteiger charge is 2.16. The largest absolute Gasteiger partial charge is 0.446 e. The Balaban J connectivity index is 1.74. The van der Waals surface area contributed by atoms with E-state index in [1.165, 1.54) is 18.2 Å². The Morgan fingerprint density at radius 1 is 1.26 bits per heavy atom. The molecule has 9 heteroatoms. The molecule has 0 fully saturated rings. The number of aromatic nitrogens is 2. The van der Waals surface area contributed by atoms with Crippen LogP contribution in [0.1, 0.15) is 17.3 Å². The molecule has 0 radical (unpaired) electrons. The Hall–Kier alpha value is -2.39. The standard InChI is InChI=1S/C14H15N3O5S/c1-8-12(21-9(2)16-8)5-6-15-23(19,20)10-3-4-11-13(7-10)22-14(18)17-11/h3-4,7,15H,5-6H2,1-2H3,(H,17,18). The molecule has 0 saturated carbocycles. The normalized spacial score (nSPS) is 12.1. The summed E-state index contributed by atoms with van der Waals surface area (Å²) in [6.07, 6.45) is 0.396. The summed E-state index contributed by atoms with van der Waals surface area (Å²) in [4.78, 5) is 17.7. The highest BCUT2D eigenvalue weighted by Crippen LogP contribution is 2.16. The molecule has 3 aromatic rings. The van der Waals surface area contributed by atoms with Gasteiger partial charge in [0.25, 0.3) is 0 Å². The zero-order valence-electron chi connectivity index (χ0n) is 12.5. The molecule has 2 heterocycles. The number of aryl methyl sites for hydroxylation is 2. The zero-order chi connectivity index (χ0) is 16.6. The lowest BCUT2D eigenvalue weighted by Crippen LogP contribution is -2.26. The molecule has 0 aliphatic heterocycles. The van der Waals surface area contributed by atoms with Crippen LogP contribution in [0.25, 0.3) is 11.1 Å². The van der Waals surface area contributed by atoms with Crippen molar-refractivity contribution in [3.05, 3.63) is 46.1 Å². The number of rotatable bonds is 5.